The summed E-state index contributed by atoms with van der Waals surface area (Å²) in [7, 11) is -3.29. The molecule has 0 spiro atoms. The van der Waals surface area contributed by atoms with Crippen LogP contribution in [0.5, 0.6) is 0 Å². The quantitative estimate of drug-likeness (QED) is 0.735. The van der Waals surface area contributed by atoms with Gasteiger partial charge in [0, 0.05) is 32.2 Å². The van der Waals surface area contributed by atoms with Gasteiger partial charge in [0.25, 0.3) is 10.1 Å². The highest BCUT2D eigenvalue weighted by Gasteiger charge is 2.28. The summed E-state index contributed by atoms with van der Waals surface area (Å²) in [6, 6.07) is 0.622. The second-order valence-corrected chi connectivity index (χ2v) is 6.62. The van der Waals surface area contributed by atoms with Crippen molar-refractivity contribution in [1.82, 2.24) is 10.2 Å². The first-order valence-electron chi connectivity index (χ1n) is 6.37. The summed E-state index contributed by atoms with van der Waals surface area (Å²) < 4.78 is 27.1. The van der Waals surface area contributed by atoms with Crippen molar-refractivity contribution in [2.24, 2.45) is 0 Å². The molecule has 2 fully saturated rings. The second-order valence-electron chi connectivity index (χ2n) is 5.02. The second kappa shape index (κ2) is 5.65. The van der Waals surface area contributed by atoms with Gasteiger partial charge in [-0.15, -0.1) is 0 Å². The van der Waals surface area contributed by atoms with E-state index < -0.39 is 10.1 Å². The van der Waals surface area contributed by atoms with Gasteiger partial charge in [-0.1, -0.05) is 0 Å². The van der Waals surface area contributed by atoms with E-state index in [9.17, 15) is 8.42 Å². The van der Waals surface area contributed by atoms with Gasteiger partial charge in [-0.2, -0.15) is 8.42 Å². The SMILES string of the molecule is CS(=O)(=O)O[C@H]1CC[C@@H](N2CCNCC2)CC1. The Kier molecular flexibility index (Phi) is 4.41. The molecule has 1 heterocycles. The van der Waals surface area contributed by atoms with Crippen LogP contribution in [-0.4, -0.2) is 57.9 Å². The highest BCUT2D eigenvalue weighted by atomic mass is 32.2. The van der Waals surface area contributed by atoms with Crippen molar-refractivity contribution in [2.45, 2.75) is 37.8 Å². The van der Waals surface area contributed by atoms with E-state index in [0.29, 0.717) is 6.04 Å². The lowest BCUT2D eigenvalue weighted by Gasteiger charge is -2.38. The maximum absolute atomic E-state index is 11.0. The van der Waals surface area contributed by atoms with Crippen LogP contribution in [0.1, 0.15) is 25.7 Å². The molecule has 0 amide bonds. The molecule has 5 nitrogen and oxygen atoms in total. The van der Waals surface area contributed by atoms with E-state index in [4.69, 9.17) is 4.18 Å². The molecule has 1 saturated carbocycles. The van der Waals surface area contributed by atoms with Gasteiger partial charge in [0.1, 0.15) is 0 Å². The van der Waals surface area contributed by atoms with Crippen LogP contribution in [0.15, 0.2) is 0 Å². The molecule has 0 aromatic carbocycles. The normalized spacial score (nSPS) is 32.5. The summed E-state index contributed by atoms with van der Waals surface area (Å²) in [6.45, 7) is 4.37. The van der Waals surface area contributed by atoms with Crippen LogP contribution in [-0.2, 0) is 14.3 Å². The largest absolute Gasteiger partial charge is 0.314 e. The minimum Gasteiger partial charge on any atom is -0.314 e. The molecular weight excluding hydrogens is 240 g/mol. The first-order valence-corrected chi connectivity index (χ1v) is 8.19. The monoisotopic (exact) mass is 262 g/mol. The summed E-state index contributed by atoms with van der Waals surface area (Å²) in [5.41, 5.74) is 0. The third-order valence-electron chi connectivity index (χ3n) is 3.62. The number of hydrogen-bond donors (Lipinski definition) is 1. The molecule has 1 N–H and O–H groups in total. The number of hydrogen-bond acceptors (Lipinski definition) is 5. The van der Waals surface area contributed by atoms with Crippen LogP contribution >= 0.6 is 0 Å². The molecule has 1 aliphatic heterocycles. The first kappa shape index (κ1) is 13.3. The summed E-state index contributed by atoms with van der Waals surface area (Å²) >= 11 is 0. The lowest BCUT2D eigenvalue weighted by Crippen LogP contribution is -2.49. The summed E-state index contributed by atoms with van der Waals surface area (Å²) in [4.78, 5) is 2.52. The predicted molar refractivity (Wildman–Crippen MR) is 66.4 cm³/mol. The Morgan fingerprint density at radius 2 is 1.71 bits per heavy atom. The lowest BCUT2D eigenvalue weighted by atomic mass is 9.92. The molecule has 100 valence electrons. The number of piperazine rings is 1. The van der Waals surface area contributed by atoms with Crippen molar-refractivity contribution in [3.8, 4) is 0 Å². The Morgan fingerprint density at radius 1 is 1.12 bits per heavy atom. The van der Waals surface area contributed by atoms with Gasteiger partial charge in [-0.25, -0.2) is 0 Å². The minimum atomic E-state index is -3.29. The number of nitrogens with zero attached hydrogens (tertiary/aromatic N) is 1. The maximum atomic E-state index is 11.0. The highest BCUT2D eigenvalue weighted by Crippen LogP contribution is 2.26. The fourth-order valence-corrected chi connectivity index (χ4v) is 3.49. The molecule has 0 aromatic rings. The smallest absolute Gasteiger partial charge is 0.264 e. The topological polar surface area (TPSA) is 58.6 Å². The lowest BCUT2D eigenvalue weighted by molar-refractivity contribution is 0.0847. The van der Waals surface area contributed by atoms with Crippen molar-refractivity contribution < 1.29 is 12.6 Å². The number of nitrogens with one attached hydrogen (secondary N) is 1. The third-order valence-corrected chi connectivity index (χ3v) is 4.24. The van der Waals surface area contributed by atoms with Crippen LogP contribution in [0.25, 0.3) is 0 Å². The molecule has 0 unspecified atom stereocenters. The highest BCUT2D eigenvalue weighted by molar-refractivity contribution is 7.86. The van der Waals surface area contributed by atoms with E-state index in [1.54, 1.807) is 0 Å². The van der Waals surface area contributed by atoms with Crippen molar-refractivity contribution in [3.63, 3.8) is 0 Å². The molecule has 1 saturated heterocycles. The zero-order valence-electron chi connectivity index (χ0n) is 10.4. The van der Waals surface area contributed by atoms with E-state index in [-0.39, 0.29) is 6.10 Å². The Labute approximate surface area is 104 Å². The Bertz CT molecular complexity index is 331. The van der Waals surface area contributed by atoms with Gasteiger partial charge >= 0.3 is 0 Å². The third kappa shape index (κ3) is 4.21. The summed E-state index contributed by atoms with van der Waals surface area (Å²) in [5.74, 6) is 0. The summed E-state index contributed by atoms with van der Waals surface area (Å²) in [6.07, 6.45) is 4.88. The predicted octanol–water partition coefficient (Wildman–Crippen LogP) is 0.179. The van der Waals surface area contributed by atoms with Crippen LogP contribution in [0, 0.1) is 0 Å². The van der Waals surface area contributed by atoms with Gasteiger partial charge in [0.05, 0.1) is 12.4 Å². The van der Waals surface area contributed by atoms with Crippen LogP contribution < -0.4 is 5.32 Å². The molecule has 0 atom stereocenters. The van der Waals surface area contributed by atoms with Gasteiger partial charge < -0.3 is 5.32 Å². The molecule has 1 aliphatic carbocycles. The molecule has 17 heavy (non-hydrogen) atoms. The standard InChI is InChI=1S/C11H22N2O3S/c1-17(14,15)16-11-4-2-10(3-5-11)13-8-6-12-7-9-13/h10-12H,2-9H2,1H3/t10-,11+. The fraction of sp³-hybridized carbons (Fsp3) is 1.00. The molecule has 2 aliphatic rings. The summed E-state index contributed by atoms with van der Waals surface area (Å²) in [5, 5.41) is 3.35. The van der Waals surface area contributed by atoms with Crippen LogP contribution in [0.2, 0.25) is 0 Å². The average Bonchev–Trinajstić information content (AvgIpc) is 2.29. The van der Waals surface area contributed by atoms with E-state index in [1.165, 1.54) is 0 Å². The Morgan fingerprint density at radius 3 is 2.24 bits per heavy atom. The number of rotatable bonds is 3. The molecule has 0 aromatic heterocycles. The molecule has 0 bridgehead atoms. The Hall–Kier alpha value is -0.170. The molecule has 6 heteroatoms. The molecule has 0 radical (unpaired) electrons. The van der Waals surface area contributed by atoms with Crippen molar-refractivity contribution in [1.29, 1.82) is 0 Å². The van der Waals surface area contributed by atoms with Gasteiger partial charge in [0.15, 0.2) is 0 Å². The van der Waals surface area contributed by atoms with Crippen molar-refractivity contribution in [3.05, 3.63) is 0 Å². The Balaban J connectivity index is 1.77. The first-order chi connectivity index (χ1) is 8.04. The fourth-order valence-electron chi connectivity index (χ4n) is 2.80. The van der Waals surface area contributed by atoms with E-state index in [2.05, 4.69) is 10.2 Å². The molecule has 2 rings (SSSR count). The zero-order valence-corrected chi connectivity index (χ0v) is 11.2. The van der Waals surface area contributed by atoms with E-state index in [1.807, 2.05) is 0 Å². The van der Waals surface area contributed by atoms with Crippen LogP contribution in [0.4, 0.5) is 0 Å². The van der Waals surface area contributed by atoms with E-state index in [0.717, 1.165) is 58.1 Å². The zero-order chi connectivity index (χ0) is 12.3. The van der Waals surface area contributed by atoms with Crippen molar-refractivity contribution in [2.75, 3.05) is 32.4 Å². The van der Waals surface area contributed by atoms with Gasteiger partial charge in [0.2, 0.25) is 0 Å². The minimum absolute atomic E-state index is 0.0934. The molecular formula is C11H22N2O3S. The maximum Gasteiger partial charge on any atom is 0.264 e. The van der Waals surface area contributed by atoms with Crippen LogP contribution in [0.3, 0.4) is 0 Å². The van der Waals surface area contributed by atoms with Gasteiger partial charge in [-0.05, 0) is 25.7 Å². The van der Waals surface area contributed by atoms with E-state index >= 15 is 0 Å². The van der Waals surface area contributed by atoms with Gasteiger partial charge in [-0.3, -0.25) is 9.08 Å². The average molecular weight is 262 g/mol. The van der Waals surface area contributed by atoms with Crippen molar-refractivity contribution >= 4 is 10.1 Å².